The van der Waals surface area contributed by atoms with Gasteiger partial charge >= 0.3 is 0 Å². The first kappa shape index (κ1) is 14.7. The Kier molecular flexibility index (Phi) is 3.91. The molecule has 0 amide bonds. The summed E-state index contributed by atoms with van der Waals surface area (Å²) in [5, 5.41) is 30.1. The van der Waals surface area contributed by atoms with E-state index in [4.69, 9.17) is 9.84 Å². The highest BCUT2D eigenvalue weighted by atomic mass is 16.5. The standard InChI is InChI=1S/C12H17N3O5/c1-12(19,9(17)8(5-16)20-2)15-4-3-7-10(15)13-6-14-11(7)18/h3-4,6,8-9,16-17,19H,5H2,1-2H3,(H,13,14,18)/t8-,9-,12-/m1/s1. The van der Waals surface area contributed by atoms with Gasteiger partial charge in [0.15, 0.2) is 5.72 Å². The van der Waals surface area contributed by atoms with Crippen molar-refractivity contribution in [2.75, 3.05) is 13.7 Å². The Labute approximate surface area is 114 Å². The molecule has 110 valence electrons. The maximum atomic E-state index is 11.6. The highest BCUT2D eigenvalue weighted by Gasteiger charge is 2.39. The van der Waals surface area contributed by atoms with Crippen LogP contribution in [0.25, 0.3) is 11.0 Å². The van der Waals surface area contributed by atoms with Crippen molar-refractivity contribution in [2.24, 2.45) is 0 Å². The van der Waals surface area contributed by atoms with Crippen LogP contribution in [0.5, 0.6) is 0 Å². The van der Waals surface area contributed by atoms with Crippen molar-refractivity contribution in [3.8, 4) is 0 Å². The van der Waals surface area contributed by atoms with E-state index in [-0.39, 0.29) is 16.6 Å². The summed E-state index contributed by atoms with van der Waals surface area (Å²) in [6.07, 6.45) is 0.280. The lowest BCUT2D eigenvalue weighted by molar-refractivity contribution is -0.174. The van der Waals surface area contributed by atoms with Crippen LogP contribution >= 0.6 is 0 Å². The smallest absolute Gasteiger partial charge is 0.260 e. The summed E-state index contributed by atoms with van der Waals surface area (Å²) in [5.74, 6) is 0. The quantitative estimate of drug-likeness (QED) is 0.544. The third kappa shape index (κ3) is 2.22. The van der Waals surface area contributed by atoms with Gasteiger partial charge in [0.05, 0.1) is 18.3 Å². The van der Waals surface area contributed by atoms with Crippen molar-refractivity contribution >= 4 is 11.0 Å². The molecular formula is C12H17N3O5. The first-order valence-corrected chi connectivity index (χ1v) is 6.02. The van der Waals surface area contributed by atoms with E-state index in [9.17, 15) is 15.0 Å². The number of aliphatic hydroxyl groups excluding tert-OH is 2. The van der Waals surface area contributed by atoms with Gasteiger partial charge in [0.25, 0.3) is 5.56 Å². The molecule has 0 aliphatic carbocycles. The fraction of sp³-hybridized carbons (Fsp3) is 0.500. The number of nitrogens with one attached hydrogen (secondary N) is 1. The lowest BCUT2D eigenvalue weighted by Gasteiger charge is -2.34. The Bertz CT molecular complexity index is 644. The van der Waals surface area contributed by atoms with E-state index < -0.39 is 24.5 Å². The number of hydrogen-bond acceptors (Lipinski definition) is 6. The summed E-state index contributed by atoms with van der Waals surface area (Å²) in [5.41, 5.74) is -1.92. The lowest BCUT2D eigenvalue weighted by Crippen LogP contribution is -2.50. The normalized spacial score (nSPS) is 17.9. The molecule has 0 unspecified atom stereocenters. The molecule has 4 N–H and O–H groups in total. The second-order valence-corrected chi connectivity index (χ2v) is 4.65. The van der Waals surface area contributed by atoms with Crippen LogP contribution in [0.2, 0.25) is 0 Å². The number of methoxy groups -OCH3 is 1. The number of nitrogens with zero attached hydrogens (tertiary/aromatic N) is 2. The van der Waals surface area contributed by atoms with E-state index in [1.54, 1.807) is 0 Å². The van der Waals surface area contributed by atoms with E-state index in [0.717, 1.165) is 0 Å². The molecule has 2 heterocycles. The minimum atomic E-state index is -1.80. The molecule has 0 aliphatic heterocycles. The van der Waals surface area contributed by atoms with Crippen molar-refractivity contribution in [1.82, 2.24) is 14.5 Å². The predicted octanol–water partition coefficient (Wildman–Crippen LogP) is -1.24. The van der Waals surface area contributed by atoms with Crippen LogP contribution in [-0.4, -0.2) is 55.8 Å². The van der Waals surface area contributed by atoms with Crippen molar-refractivity contribution in [3.63, 3.8) is 0 Å². The largest absolute Gasteiger partial charge is 0.394 e. The fourth-order valence-corrected chi connectivity index (χ4v) is 2.13. The topological polar surface area (TPSA) is 121 Å². The van der Waals surface area contributed by atoms with Gasteiger partial charge < -0.3 is 29.6 Å². The SMILES string of the molecule is CO[C@H](CO)[C@@H](O)[C@@](C)(O)n1ccc2c(=O)[nH]cnc21. The molecule has 0 saturated heterocycles. The summed E-state index contributed by atoms with van der Waals surface area (Å²) in [6, 6.07) is 1.49. The predicted molar refractivity (Wildman–Crippen MR) is 70.1 cm³/mol. The molecule has 0 radical (unpaired) electrons. The molecule has 0 aliphatic rings. The highest BCUT2D eigenvalue weighted by Crippen LogP contribution is 2.25. The van der Waals surface area contributed by atoms with E-state index >= 15 is 0 Å². The van der Waals surface area contributed by atoms with E-state index in [1.807, 2.05) is 0 Å². The first-order chi connectivity index (χ1) is 9.43. The number of aromatic amines is 1. The van der Waals surface area contributed by atoms with Gasteiger partial charge in [0.1, 0.15) is 17.9 Å². The summed E-state index contributed by atoms with van der Waals surface area (Å²) >= 11 is 0. The van der Waals surface area contributed by atoms with Crippen LogP contribution in [0, 0.1) is 0 Å². The zero-order valence-corrected chi connectivity index (χ0v) is 11.1. The second kappa shape index (κ2) is 5.33. The van der Waals surface area contributed by atoms with Gasteiger partial charge in [0, 0.05) is 13.3 Å². The van der Waals surface area contributed by atoms with Gasteiger partial charge in [-0.3, -0.25) is 4.79 Å². The molecule has 0 fully saturated rings. The zero-order chi connectivity index (χ0) is 14.9. The number of fused-ring (bicyclic) bond motifs is 1. The van der Waals surface area contributed by atoms with Gasteiger partial charge in [-0.15, -0.1) is 0 Å². The van der Waals surface area contributed by atoms with Crippen LogP contribution in [0.3, 0.4) is 0 Å². The molecule has 8 nitrogen and oxygen atoms in total. The van der Waals surface area contributed by atoms with E-state index in [2.05, 4.69) is 9.97 Å². The minimum absolute atomic E-state index is 0.227. The van der Waals surface area contributed by atoms with Crippen molar-refractivity contribution in [3.05, 3.63) is 28.9 Å². The molecule has 2 rings (SSSR count). The van der Waals surface area contributed by atoms with Crippen molar-refractivity contribution < 1.29 is 20.1 Å². The maximum Gasteiger partial charge on any atom is 0.260 e. The average molecular weight is 283 g/mol. The number of ether oxygens (including phenoxy) is 1. The van der Waals surface area contributed by atoms with Crippen molar-refractivity contribution in [1.29, 1.82) is 0 Å². The molecule has 0 bridgehead atoms. The molecular weight excluding hydrogens is 266 g/mol. The Balaban J connectivity index is 2.51. The Morgan fingerprint density at radius 1 is 1.60 bits per heavy atom. The molecule has 20 heavy (non-hydrogen) atoms. The molecule has 0 saturated carbocycles. The van der Waals surface area contributed by atoms with E-state index in [1.165, 1.54) is 37.2 Å². The summed E-state index contributed by atoms with van der Waals surface area (Å²) < 4.78 is 6.19. The Morgan fingerprint density at radius 3 is 2.90 bits per heavy atom. The number of aromatic nitrogens is 3. The average Bonchev–Trinajstić information content (AvgIpc) is 2.86. The van der Waals surface area contributed by atoms with Crippen LogP contribution in [0.15, 0.2) is 23.4 Å². The highest BCUT2D eigenvalue weighted by molar-refractivity contribution is 5.74. The number of hydrogen-bond donors (Lipinski definition) is 4. The fourth-order valence-electron chi connectivity index (χ4n) is 2.13. The molecule has 0 spiro atoms. The molecule has 2 aromatic heterocycles. The molecule has 0 aromatic carbocycles. The number of rotatable bonds is 5. The number of aliphatic hydroxyl groups is 3. The van der Waals surface area contributed by atoms with E-state index in [0.29, 0.717) is 0 Å². The lowest BCUT2D eigenvalue weighted by atomic mass is 10.0. The third-order valence-corrected chi connectivity index (χ3v) is 3.37. The van der Waals surface area contributed by atoms with Gasteiger partial charge in [-0.05, 0) is 13.0 Å². The van der Waals surface area contributed by atoms with Crippen LogP contribution in [0.4, 0.5) is 0 Å². The maximum absolute atomic E-state index is 11.6. The summed E-state index contributed by atoms with van der Waals surface area (Å²) in [7, 11) is 1.32. The van der Waals surface area contributed by atoms with Crippen LogP contribution < -0.4 is 5.56 Å². The summed E-state index contributed by atoms with van der Waals surface area (Å²) in [4.78, 5) is 18.0. The van der Waals surface area contributed by atoms with Gasteiger partial charge in [-0.25, -0.2) is 4.98 Å². The molecule has 3 atom stereocenters. The van der Waals surface area contributed by atoms with Crippen LogP contribution in [0.1, 0.15) is 6.92 Å². The third-order valence-electron chi connectivity index (χ3n) is 3.37. The Hall–Kier alpha value is -1.74. The minimum Gasteiger partial charge on any atom is -0.394 e. The molecule has 8 heteroatoms. The Morgan fingerprint density at radius 2 is 2.30 bits per heavy atom. The molecule has 2 aromatic rings. The second-order valence-electron chi connectivity index (χ2n) is 4.65. The summed E-state index contributed by atoms with van der Waals surface area (Å²) in [6.45, 7) is 0.892. The first-order valence-electron chi connectivity index (χ1n) is 6.02. The zero-order valence-electron chi connectivity index (χ0n) is 11.1. The van der Waals surface area contributed by atoms with Gasteiger partial charge in [0.2, 0.25) is 0 Å². The number of H-pyrrole nitrogens is 1. The van der Waals surface area contributed by atoms with Gasteiger partial charge in [-0.1, -0.05) is 0 Å². The monoisotopic (exact) mass is 283 g/mol. The van der Waals surface area contributed by atoms with Gasteiger partial charge in [-0.2, -0.15) is 0 Å². The van der Waals surface area contributed by atoms with Crippen LogP contribution in [-0.2, 0) is 10.5 Å². The van der Waals surface area contributed by atoms with Crippen molar-refractivity contribution in [2.45, 2.75) is 24.9 Å².